The van der Waals surface area contributed by atoms with E-state index in [1.165, 1.54) is 0 Å². The molecule has 0 aliphatic carbocycles. The van der Waals surface area contributed by atoms with Crippen molar-refractivity contribution in [3.05, 3.63) is 0 Å². The van der Waals surface area contributed by atoms with Gasteiger partial charge in [0.05, 0.1) is 17.1 Å². The van der Waals surface area contributed by atoms with Gasteiger partial charge in [-0.2, -0.15) is 5.26 Å². The SMILES string of the molecule is CC(C)S(=O)(=O)CCC#N. The topological polar surface area (TPSA) is 57.9 Å². The molecule has 0 aliphatic heterocycles. The highest BCUT2D eigenvalue weighted by atomic mass is 32.2. The molecule has 0 amide bonds. The number of hydrogen-bond acceptors (Lipinski definition) is 3. The maximum Gasteiger partial charge on any atom is 0.153 e. The fraction of sp³-hybridized carbons (Fsp3) is 0.833. The van der Waals surface area contributed by atoms with E-state index in [1.54, 1.807) is 19.9 Å². The Labute approximate surface area is 61.6 Å². The van der Waals surface area contributed by atoms with Gasteiger partial charge in [0.15, 0.2) is 9.84 Å². The van der Waals surface area contributed by atoms with Crippen molar-refractivity contribution in [3.8, 4) is 6.07 Å². The average molecular weight is 161 g/mol. The summed E-state index contributed by atoms with van der Waals surface area (Å²) in [5.74, 6) is -0.0127. The molecule has 0 fully saturated rings. The van der Waals surface area contributed by atoms with Crippen molar-refractivity contribution in [2.75, 3.05) is 5.75 Å². The zero-order valence-electron chi connectivity index (χ0n) is 6.16. The summed E-state index contributed by atoms with van der Waals surface area (Å²) in [7, 11) is -2.98. The minimum Gasteiger partial charge on any atom is -0.229 e. The second-order valence-corrected chi connectivity index (χ2v) is 5.00. The summed E-state index contributed by atoms with van der Waals surface area (Å²) >= 11 is 0. The van der Waals surface area contributed by atoms with Crippen LogP contribution in [-0.2, 0) is 9.84 Å². The Hall–Kier alpha value is -0.560. The molecule has 0 aliphatic rings. The van der Waals surface area contributed by atoms with Gasteiger partial charge in [-0.1, -0.05) is 0 Å². The molecule has 10 heavy (non-hydrogen) atoms. The van der Waals surface area contributed by atoms with Crippen LogP contribution in [0.5, 0.6) is 0 Å². The van der Waals surface area contributed by atoms with Gasteiger partial charge in [-0.05, 0) is 13.8 Å². The van der Waals surface area contributed by atoms with Crippen LogP contribution in [0.15, 0.2) is 0 Å². The summed E-state index contributed by atoms with van der Waals surface area (Å²) in [6.07, 6.45) is 0.0977. The Morgan fingerprint density at radius 3 is 2.30 bits per heavy atom. The molecule has 0 atom stereocenters. The molecule has 0 N–H and O–H groups in total. The van der Waals surface area contributed by atoms with Crippen LogP contribution in [0.25, 0.3) is 0 Å². The number of rotatable bonds is 3. The van der Waals surface area contributed by atoms with E-state index in [0.29, 0.717) is 0 Å². The van der Waals surface area contributed by atoms with Crippen molar-refractivity contribution in [1.29, 1.82) is 5.26 Å². The van der Waals surface area contributed by atoms with E-state index >= 15 is 0 Å². The molecule has 0 spiro atoms. The number of nitrogens with zero attached hydrogens (tertiary/aromatic N) is 1. The van der Waals surface area contributed by atoms with Crippen LogP contribution >= 0.6 is 0 Å². The normalized spacial score (nSPS) is 11.4. The fourth-order valence-corrected chi connectivity index (χ4v) is 1.27. The van der Waals surface area contributed by atoms with Gasteiger partial charge in [0.2, 0.25) is 0 Å². The lowest BCUT2D eigenvalue weighted by Crippen LogP contribution is -2.17. The van der Waals surface area contributed by atoms with Crippen molar-refractivity contribution in [3.63, 3.8) is 0 Å². The molecule has 3 nitrogen and oxygen atoms in total. The Morgan fingerprint density at radius 2 is 2.00 bits per heavy atom. The van der Waals surface area contributed by atoms with E-state index in [9.17, 15) is 8.42 Å². The lowest BCUT2D eigenvalue weighted by atomic mass is 10.5. The van der Waals surface area contributed by atoms with Gasteiger partial charge in [-0.25, -0.2) is 8.42 Å². The maximum atomic E-state index is 10.9. The molecule has 0 aromatic heterocycles. The molecule has 0 bridgehead atoms. The van der Waals surface area contributed by atoms with E-state index in [2.05, 4.69) is 0 Å². The highest BCUT2D eigenvalue weighted by Gasteiger charge is 2.14. The van der Waals surface area contributed by atoms with Crippen LogP contribution in [-0.4, -0.2) is 19.4 Å². The molecular formula is C6H11NO2S. The zero-order chi connectivity index (χ0) is 8.20. The maximum absolute atomic E-state index is 10.9. The first-order valence-corrected chi connectivity index (χ1v) is 4.80. The van der Waals surface area contributed by atoms with Crippen molar-refractivity contribution in [1.82, 2.24) is 0 Å². The number of sulfone groups is 1. The van der Waals surface area contributed by atoms with E-state index < -0.39 is 9.84 Å². The fourth-order valence-electron chi connectivity index (χ4n) is 0.424. The number of nitriles is 1. The Balaban J connectivity index is 4.06. The second kappa shape index (κ2) is 3.57. The summed E-state index contributed by atoms with van der Waals surface area (Å²) in [5.41, 5.74) is 0. The Morgan fingerprint density at radius 1 is 1.50 bits per heavy atom. The van der Waals surface area contributed by atoms with Crippen LogP contribution in [0, 0.1) is 11.3 Å². The van der Waals surface area contributed by atoms with Gasteiger partial charge in [-0.3, -0.25) is 0 Å². The van der Waals surface area contributed by atoms with E-state index in [0.717, 1.165) is 0 Å². The minimum absolute atomic E-state index is 0.0127. The molecule has 0 heterocycles. The first-order chi connectivity index (χ1) is 4.50. The number of hydrogen-bond donors (Lipinski definition) is 0. The first kappa shape index (κ1) is 9.44. The Bertz CT molecular complexity index is 223. The van der Waals surface area contributed by atoms with Gasteiger partial charge in [0.25, 0.3) is 0 Å². The highest BCUT2D eigenvalue weighted by Crippen LogP contribution is 2.01. The summed E-state index contributed by atoms with van der Waals surface area (Å²) in [5, 5.41) is 7.74. The van der Waals surface area contributed by atoms with Crippen LogP contribution in [0.4, 0.5) is 0 Å². The van der Waals surface area contributed by atoms with E-state index in [1.807, 2.05) is 0 Å². The lowest BCUT2D eigenvalue weighted by Gasteiger charge is -2.03. The van der Waals surface area contributed by atoms with E-state index in [4.69, 9.17) is 5.26 Å². The average Bonchev–Trinajstić information content (AvgIpc) is 1.84. The summed E-state index contributed by atoms with van der Waals surface area (Å²) in [6, 6.07) is 1.80. The first-order valence-electron chi connectivity index (χ1n) is 3.09. The Kier molecular flexibility index (Phi) is 3.37. The third-order valence-electron chi connectivity index (χ3n) is 1.22. The van der Waals surface area contributed by atoms with Crippen LogP contribution in [0.1, 0.15) is 20.3 Å². The summed E-state index contributed by atoms with van der Waals surface area (Å²) in [6.45, 7) is 3.24. The second-order valence-electron chi connectivity index (χ2n) is 2.32. The standard InChI is InChI=1S/C6H11NO2S/c1-6(2)10(8,9)5-3-4-7/h6H,3,5H2,1-2H3. The van der Waals surface area contributed by atoms with Gasteiger partial charge in [0, 0.05) is 6.42 Å². The molecule has 0 rings (SSSR count). The molecule has 0 saturated heterocycles. The van der Waals surface area contributed by atoms with Gasteiger partial charge >= 0.3 is 0 Å². The summed E-state index contributed by atoms with van der Waals surface area (Å²) in [4.78, 5) is 0. The molecule has 0 unspecified atom stereocenters. The van der Waals surface area contributed by atoms with E-state index in [-0.39, 0.29) is 17.4 Å². The van der Waals surface area contributed by atoms with Crippen molar-refractivity contribution in [2.24, 2.45) is 0 Å². The molecule has 0 aromatic carbocycles. The molecule has 0 saturated carbocycles. The predicted octanol–water partition coefficient (Wildman–Crippen LogP) is 0.723. The lowest BCUT2D eigenvalue weighted by molar-refractivity contribution is 0.587. The quantitative estimate of drug-likeness (QED) is 0.613. The minimum atomic E-state index is -2.98. The van der Waals surface area contributed by atoms with Crippen molar-refractivity contribution >= 4 is 9.84 Å². The highest BCUT2D eigenvalue weighted by molar-refractivity contribution is 7.91. The zero-order valence-corrected chi connectivity index (χ0v) is 6.98. The third-order valence-corrected chi connectivity index (χ3v) is 3.43. The van der Waals surface area contributed by atoms with Crippen LogP contribution in [0.3, 0.4) is 0 Å². The van der Waals surface area contributed by atoms with Gasteiger partial charge in [-0.15, -0.1) is 0 Å². The summed E-state index contributed by atoms with van der Waals surface area (Å²) < 4.78 is 21.9. The molecule has 58 valence electrons. The largest absolute Gasteiger partial charge is 0.229 e. The van der Waals surface area contributed by atoms with Gasteiger partial charge in [0.1, 0.15) is 0 Å². The molecular weight excluding hydrogens is 150 g/mol. The van der Waals surface area contributed by atoms with Gasteiger partial charge < -0.3 is 0 Å². The van der Waals surface area contributed by atoms with Crippen molar-refractivity contribution < 1.29 is 8.42 Å². The third kappa shape index (κ3) is 2.83. The van der Waals surface area contributed by atoms with Crippen LogP contribution < -0.4 is 0 Å². The smallest absolute Gasteiger partial charge is 0.153 e. The monoisotopic (exact) mass is 161 g/mol. The molecule has 0 aromatic rings. The van der Waals surface area contributed by atoms with Crippen molar-refractivity contribution in [2.45, 2.75) is 25.5 Å². The molecule has 4 heteroatoms. The molecule has 0 radical (unpaired) electrons. The van der Waals surface area contributed by atoms with Crippen LogP contribution in [0.2, 0.25) is 0 Å². The predicted molar refractivity (Wildman–Crippen MR) is 39.2 cm³/mol.